The molecule has 0 fully saturated rings. The third-order valence-corrected chi connectivity index (χ3v) is 3.55. The van der Waals surface area contributed by atoms with E-state index in [1.165, 1.54) is 29.5 Å². The lowest BCUT2D eigenvalue weighted by molar-refractivity contribution is -0.384. The summed E-state index contributed by atoms with van der Waals surface area (Å²) in [5, 5.41) is 14.8. The molecule has 114 valence electrons. The number of hydrogen-bond donors (Lipinski definition) is 1. The van der Waals surface area contributed by atoms with Crippen molar-refractivity contribution < 1.29 is 14.5 Å². The van der Waals surface area contributed by atoms with Gasteiger partial charge in [0, 0.05) is 36.3 Å². The lowest BCUT2D eigenvalue weighted by atomic mass is 10.2. The number of nitro benzene ring substituents is 1. The van der Waals surface area contributed by atoms with E-state index < -0.39 is 16.7 Å². The van der Waals surface area contributed by atoms with Crippen LogP contribution in [-0.4, -0.2) is 27.8 Å². The summed E-state index contributed by atoms with van der Waals surface area (Å²) in [5.41, 5.74) is -0.0713. The minimum absolute atomic E-state index is 0.115. The first-order valence-electron chi connectivity index (χ1n) is 6.17. The Hall–Kier alpha value is -2.81. The van der Waals surface area contributed by atoms with E-state index in [0.717, 1.165) is 6.07 Å². The summed E-state index contributed by atoms with van der Waals surface area (Å²) in [4.78, 5) is 38.0. The molecule has 2 aromatic rings. The average molecular weight is 320 g/mol. The molecule has 1 aromatic heterocycles. The fourth-order valence-corrected chi connectivity index (χ4v) is 2.35. The quantitative estimate of drug-likeness (QED) is 0.665. The second-order valence-electron chi connectivity index (χ2n) is 4.29. The Morgan fingerprint density at radius 3 is 2.86 bits per heavy atom. The van der Waals surface area contributed by atoms with E-state index in [9.17, 15) is 19.7 Å². The number of nitrogens with one attached hydrogen (secondary N) is 1. The third-order valence-electron chi connectivity index (χ3n) is 2.70. The molecular formula is C13H12N4O4S. The van der Waals surface area contributed by atoms with E-state index in [0.29, 0.717) is 4.80 Å². The minimum atomic E-state index is -0.589. The molecule has 2 amide bonds. The lowest BCUT2D eigenvalue weighted by Crippen LogP contribution is -2.29. The van der Waals surface area contributed by atoms with Crippen LogP contribution in [0.25, 0.3) is 0 Å². The number of non-ortho nitro benzene ring substituents is 1. The van der Waals surface area contributed by atoms with Crippen LogP contribution in [0.5, 0.6) is 0 Å². The largest absolute Gasteiger partial charge is 0.343 e. The first-order chi connectivity index (χ1) is 10.5. The number of nitrogens with zero attached hydrogens (tertiary/aromatic N) is 3. The van der Waals surface area contributed by atoms with Crippen molar-refractivity contribution in [3.63, 3.8) is 0 Å². The molecule has 0 spiro atoms. The van der Waals surface area contributed by atoms with Crippen molar-refractivity contribution in [2.24, 2.45) is 12.0 Å². The molecule has 0 aliphatic carbocycles. The summed E-state index contributed by atoms with van der Waals surface area (Å²) in [6.07, 6.45) is 1.76. The maximum absolute atomic E-state index is 11.9. The van der Waals surface area contributed by atoms with Gasteiger partial charge in [-0.1, -0.05) is 6.07 Å². The maximum atomic E-state index is 11.9. The first kappa shape index (κ1) is 15.6. The lowest BCUT2D eigenvalue weighted by Gasteiger charge is -2.02. The number of nitro groups is 1. The summed E-state index contributed by atoms with van der Waals surface area (Å²) >= 11 is 1.30. The monoisotopic (exact) mass is 320 g/mol. The number of carbonyl (C=O) groups is 2. The van der Waals surface area contributed by atoms with Crippen LogP contribution in [0.1, 0.15) is 10.4 Å². The summed E-state index contributed by atoms with van der Waals surface area (Å²) in [7, 11) is 1.75. The van der Waals surface area contributed by atoms with Gasteiger partial charge in [-0.25, -0.2) is 0 Å². The molecule has 0 aliphatic rings. The van der Waals surface area contributed by atoms with Crippen LogP contribution in [0.4, 0.5) is 5.69 Å². The Balaban J connectivity index is 2.01. The van der Waals surface area contributed by atoms with E-state index in [2.05, 4.69) is 10.3 Å². The average Bonchev–Trinajstić information content (AvgIpc) is 2.90. The van der Waals surface area contributed by atoms with Gasteiger partial charge >= 0.3 is 0 Å². The first-order valence-corrected chi connectivity index (χ1v) is 7.05. The molecule has 8 nitrogen and oxygen atoms in total. The molecular weight excluding hydrogens is 308 g/mol. The van der Waals surface area contributed by atoms with Gasteiger partial charge in [0.15, 0.2) is 4.80 Å². The molecule has 0 unspecified atom stereocenters. The van der Waals surface area contributed by atoms with Gasteiger partial charge in [0.25, 0.3) is 17.5 Å². The van der Waals surface area contributed by atoms with Gasteiger partial charge in [-0.15, -0.1) is 11.3 Å². The summed E-state index contributed by atoms with van der Waals surface area (Å²) in [6.45, 7) is -0.278. The number of aromatic nitrogens is 1. The van der Waals surface area contributed by atoms with Gasteiger partial charge < -0.3 is 9.88 Å². The van der Waals surface area contributed by atoms with Crippen molar-refractivity contribution in [3.05, 3.63) is 56.3 Å². The Morgan fingerprint density at radius 2 is 2.23 bits per heavy atom. The molecule has 0 saturated carbocycles. The predicted octanol–water partition coefficient (Wildman–Crippen LogP) is 0.852. The highest BCUT2D eigenvalue weighted by Crippen LogP contribution is 2.12. The van der Waals surface area contributed by atoms with Gasteiger partial charge in [-0.3, -0.25) is 19.7 Å². The number of rotatable bonds is 4. The zero-order valence-electron chi connectivity index (χ0n) is 11.6. The van der Waals surface area contributed by atoms with Gasteiger partial charge in [0.05, 0.1) is 11.5 Å². The Kier molecular flexibility index (Phi) is 4.79. The van der Waals surface area contributed by atoms with Crippen LogP contribution in [0, 0.1) is 10.1 Å². The number of aryl methyl sites for hydroxylation is 1. The molecule has 0 saturated heterocycles. The Labute approximate surface area is 128 Å². The number of amides is 2. The zero-order chi connectivity index (χ0) is 16.1. The van der Waals surface area contributed by atoms with Crippen molar-refractivity contribution in [1.29, 1.82) is 0 Å². The highest BCUT2D eigenvalue weighted by Gasteiger charge is 2.12. The smallest absolute Gasteiger partial charge is 0.270 e. The maximum Gasteiger partial charge on any atom is 0.270 e. The van der Waals surface area contributed by atoms with Crippen molar-refractivity contribution >= 4 is 28.8 Å². The van der Waals surface area contributed by atoms with E-state index >= 15 is 0 Å². The molecule has 22 heavy (non-hydrogen) atoms. The SMILES string of the molecule is Cn1ccsc1=NC(=O)CNC(=O)c1cccc([N+](=O)[O-])c1. The second kappa shape index (κ2) is 6.76. The highest BCUT2D eigenvalue weighted by molar-refractivity contribution is 7.07. The summed E-state index contributed by atoms with van der Waals surface area (Å²) < 4.78 is 1.69. The molecule has 9 heteroatoms. The molecule has 2 rings (SSSR count). The third kappa shape index (κ3) is 3.85. The Bertz CT molecular complexity index is 793. The fourth-order valence-electron chi connectivity index (χ4n) is 1.60. The number of carbonyl (C=O) groups excluding carboxylic acids is 2. The molecule has 0 aliphatic heterocycles. The number of thiazole rings is 1. The van der Waals surface area contributed by atoms with E-state index in [4.69, 9.17) is 0 Å². The van der Waals surface area contributed by atoms with Gasteiger partial charge in [-0.05, 0) is 6.07 Å². The second-order valence-corrected chi connectivity index (χ2v) is 5.17. The topological polar surface area (TPSA) is 107 Å². The van der Waals surface area contributed by atoms with Crippen molar-refractivity contribution in [1.82, 2.24) is 9.88 Å². The van der Waals surface area contributed by atoms with Crippen LogP contribution in [0.3, 0.4) is 0 Å². The predicted molar refractivity (Wildman–Crippen MR) is 79.3 cm³/mol. The highest BCUT2D eigenvalue weighted by atomic mass is 32.1. The molecule has 0 radical (unpaired) electrons. The van der Waals surface area contributed by atoms with Crippen LogP contribution < -0.4 is 10.1 Å². The van der Waals surface area contributed by atoms with Crippen molar-refractivity contribution in [2.45, 2.75) is 0 Å². The van der Waals surface area contributed by atoms with Crippen molar-refractivity contribution in [2.75, 3.05) is 6.54 Å². The van der Waals surface area contributed by atoms with Crippen LogP contribution in [0.15, 0.2) is 40.8 Å². The Morgan fingerprint density at radius 1 is 1.45 bits per heavy atom. The van der Waals surface area contributed by atoms with Crippen LogP contribution >= 0.6 is 11.3 Å². The van der Waals surface area contributed by atoms with E-state index in [1.807, 2.05) is 0 Å². The number of hydrogen-bond acceptors (Lipinski definition) is 5. The van der Waals surface area contributed by atoms with Gasteiger partial charge in [-0.2, -0.15) is 4.99 Å². The zero-order valence-corrected chi connectivity index (χ0v) is 12.4. The van der Waals surface area contributed by atoms with Crippen LogP contribution in [0.2, 0.25) is 0 Å². The molecule has 0 bridgehead atoms. The number of benzene rings is 1. The van der Waals surface area contributed by atoms with E-state index in [-0.39, 0.29) is 17.8 Å². The molecule has 0 atom stereocenters. The molecule has 1 aromatic carbocycles. The van der Waals surface area contributed by atoms with Gasteiger partial charge in [0.2, 0.25) is 0 Å². The van der Waals surface area contributed by atoms with Crippen LogP contribution in [-0.2, 0) is 11.8 Å². The fraction of sp³-hybridized carbons (Fsp3) is 0.154. The summed E-state index contributed by atoms with van der Waals surface area (Å²) in [6, 6.07) is 5.28. The van der Waals surface area contributed by atoms with E-state index in [1.54, 1.807) is 23.2 Å². The standard InChI is InChI=1S/C13H12N4O4S/c1-16-5-6-22-13(16)15-11(18)8-14-12(19)9-3-2-4-10(7-9)17(20)21/h2-7H,8H2,1H3,(H,14,19). The van der Waals surface area contributed by atoms with Gasteiger partial charge in [0.1, 0.15) is 0 Å². The normalized spacial score (nSPS) is 11.2. The molecule has 1 N–H and O–H groups in total. The molecule has 1 heterocycles. The van der Waals surface area contributed by atoms with Crippen molar-refractivity contribution in [3.8, 4) is 0 Å². The summed E-state index contributed by atoms with van der Waals surface area (Å²) in [5.74, 6) is -1.07. The minimum Gasteiger partial charge on any atom is -0.343 e.